The number of unbranched alkanes of at least 4 members (excludes halogenated alkanes) is 51. The van der Waals surface area contributed by atoms with Crippen LogP contribution in [0.1, 0.15) is 406 Å². The fourth-order valence-electron chi connectivity index (χ4n) is 11.6. The third kappa shape index (κ3) is 73.7. The van der Waals surface area contributed by atoms with Gasteiger partial charge >= 0.3 is 11.9 Å². The van der Waals surface area contributed by atoms with Crippen LogP contribution in [-0.2, 0) is 19.1 Å². The summed E-state index contributed by atoms with van der Waals surface area (Å²) >= 11 is 0. The minimum Gasteiger partial charge on any atom is -0.462 e. The number of hydrogen-bond acceptors (Lipinski definition) is 5. The van der Waals surface area contributed by atoms with Crippen LogP contribution < -0.4 is 0 Å². The van der Waals surface area contributed by atoms with E-state index in [1.54, 1.807) is 0 Å². The highest BCUT2D eigenvalue weighted by molar-refractivity contribution is 5.70. The lowest BCUT2D eigenvalue weighted by molar-refractivity contribution is -0.161. The maximum absolute atomic E-state index is 12.4. The lowest BCUT2D eigenvalue weighted by Crippen LogP contribution is -2.28. The number of carbonyl (C=O) groups excluding carboxylic acids is 2. The molecule has 0 bridgehead atoms. The van der Waals surface area contributed by atoms with E-state index in [1.807, 2.05) is 0 Å². The van der Waals surface area contributed by atoms with E-state index in [-0.39, 0.29) is 25.2 Å². The quantitative estimate of drug-likeness (QED) is 0.0373. The van der Waals surface area contributed by atoms with Gasteiger partial charge in [-0.2, -0.15) is 0 Å². The number of esters is 2. The number of ether oxygens (including phenoxy) is 2. The Kier molecular flexibility index (Phi) is 73.2. The Bertz CT molecular complexity index is 1490. The van der Waals surface area contributed by atoms with Gasteiger partial charge in [-0.25, -0.2) is 0 Å². The zero-order valence-electron chi connectivity index (χ0n) is 57.1. The Morgan fingerprint density at radius 1 is 0.282 bits per heavy atom. The van der Waals surface area contributed by atoms with E-state index < -0.39 is 6.10 Å². The Morgan fingerprint density at radius 2 is 0.506 bits per heavy atom. The molecule has 1 atom stereocenters. The van der Waals surface area contributed by atoms with Gasteiger partial charge in [0.1, 0.15) is 6.61 Å². The van der Waals surface area contributed by atoms with Gasteiger partial charge in [-0.3, -0.25) is 9.59 Å². The lowest BCUT2D eigenvalue weighted by atomic mass is 10.0. The first-order valence-corrected chi connectivity index (χ1v) is 38.0. The molecule has 0 aromatic heterocycles. The number of aliphatic hydroxyl groups is 1. The summed E-state index contributed by atoms with van der Waals surface area (Å²) in [6.07, 6.45) is 105. The number of aliphatic hydroxyl groups excluding tert-OH is 1. The van der Waals surface area contributed by atoms with Gasteiger partial charge in [-0.05, 0) is 64.2 Å². The van der Waals surface area contributed by atoms with Crippen LogP contribution in [-0.4, -0.2) is 36.4 Å². The third-order valence-corrected chi connectivity index (χ3v) is 17.3. The highest BCUT2D eigenvalue weighted by atomic mass is 16.6. The van der Waals surface area contributed by atoms with E-state index in [4.69, 9.17) is 9.47 Å². The van der Waals surface area contributed by atoms with Gasteiger partial charge in [-0.15, -0.1) is 0 Å². The molecular weight excluding hydrogens is 1040 g/mol. The molecule has 0 saturated carbocycles. The van der Waals surface area contributed by atoms with Gasteiger partial charge in [0, 0.05) is 12.8 Å². The predicted molar refractivity (Wildman–Crippen MR) is 376 cm³/mol. The molecule has 0 fully saturated rings. The molecule has 1 unspecified atom stereocenters. The maximum Gasteiger partial charge on any atom is 0.306 e. The van der Waals surface area contributed by atoms with Gasteiger partial charge in [0.05, 0.1) is 6.61 Å². The summed E-state index contributed by atoms with van der Waals surface area (Å²) in [6.45, 7) is 4.09. The highest BCUT2D eigenvalue weighted by Crippen LogP contribution is 2.19. The van der Waals surface area contributed by atoms with Gasteiger partial charge in [0.2, 0.25) is 0 Å². The lowest BCUT2D eigenvalue weighted by Gasteiger charge is -2.15. The van der Waals surface area contributed by atoms with Crippen molar-refractivity contribution in [3.05, 3.63) is 72.9 Å². The minimum absolute atomic E-state index is 0.0598. The predicted octanol–water partition coefficient (Wildman–Crippen LogP) is 26.6. The maximum atomic E-state index is 12.4. The van der Waals surface area contributed by atoms with Crippen molar-refractivity contribution in [3.63, 3.8) is 0 Å². The molecular formula is C80H146O5. The second kappa shape index (κ2) is 75.6. The van der Waals surface area contributed by atoms with Crippen molar-refractivity contribution in [1.29, 1.82) is 0 Å². The van der Waals surface area contributed by atoms with Crippen molar-refractivity contribution in [1.82, 2.24) is 0 Å². The zero-order valence-corrected chi connectivity index (χ0v) is 57.1. The monoisotopic (exact) mass is 1190 g/mol. The Balaban J connectivity index is 3.39. The van der Waals surface area contributed by atoms with Gasteiger partial charge < -0.3 is 14.6 Å². The molecule has 0 aliphatic rings. The summed E-state index contributed by atoms with van der Waals surface area (Å²) in [4.78, 5) is 24.7. The third-order valence-electron chi connectivity index (χ3n) is 17.3. The first kappa shape index (κ1) is 82.3. The largest absolute Gasteiger partial charge is 0.462 e. The summed E-state index contributed by atoms with van der Waals surface area (Å²) in [5.41, 5.74) is 0. The number of carbonyl (C=O) groups is 2. The van der Waals surface area contributed by atoms with Gasteiger partial charge in [0.15, 0.2) is 6.10 Å². The number of hydrogen-bond donors (Lipinski definition) is 1. The topological polar surface area (TPSA) is 72.8 Å². The van der Waals surface area contributed by atoms with Crippen LogP contribution in [0.2, 0.25) is 0 Å². The summed E-state index contributed by atoms with van der Waals surface area (Å²) in [5.74, 6) is -0.565. The van der Waals surface area contributed by atoms with E-state index in [9.17, 15) is 14.7 Å². The van der Waals surface area contributed by atoms with Gasteiger partial charge in [-0.1, -0.05) is 401 Å². The molecule has 0 heterocycles. The average Bonchev–Trinajstić information content (AvgIpc) is 3.52. The molecule has 0 amide bonds. The fraction of sp³-hybridized carbons (Fsp3) is 0.825. The molecule has 0 aromatic carbocycles. The molecule has 0 saturated heterocycles. The van der Waals surface area contributed by atoms with Crippen LogP contribution in [0, 0.1) is 0 Å². The average molecular weight is 1190 g/mol. The minimum atomic E-state index is -0.771. The zero-order chi connectivity index (χ0) is 61.2. The molecule has 0 spiro atoms. The second-order valence-electron chi connectivity index (χ2n) is 25.7. The van der Waals surface area contributed by atoms with E-state index in [0.717, 1.165) is 70.6 Å². The highest BCUT2D eigenvalue weighted by Gasteiger charge is 2.16. The van der Waals surface area contributed by atoms with E-state index in [0.29, 0.717) is 12.8 Å². The molecule has 496 valence electrons. The van der Waals surface area contributed by atoms with Crippen LogP contribution in [0.4, 0.5) is 0 Å². The van der Waals surface area contributed by atoms with Crippen LogP contribution in [0.3, 0.4) is 0 Å². The van der Waals surface area contributed by atoms with E-state index in [1.165, 1.54) is 308 Å². The smallest absolute Gasteiger partial charge is 0.306 e. The van der Waals surface area contributed by atoms with Crippen molar-refractivity contribution < 1.29 is 24.2 Å². The van der Waals surface area contributed by atoms with E-state index in [2.05, 4.69) is 86.8 Å². The van der Waals surface area contributed by atoms with Crippen LogP contribution in [0.5, 0.6) is 0 Å². The molecule has 0 rings (SSSR count). The molecule has 0 aromatic rings. The molecule has 0 aliphatic heterocycles. The molecule has 85 heavy (non-hydrogen) atoms. The summed E-state index contributed by atoms with van der Waals surface area (Å²) in [6, 6.07) is 0. The normalized spacial score (nSPS) is 12.6. The van der Waals surface area contributed by atoms with E-state index >= 15 is 0 Å². The Labute approximate surface area is 531 Å². The molecule has 0 radical (unpaired) electrons. The van der Waals surface area contributed by atoms with Crippen LogP contribution in [0.25, 0.3) is 0 Å². The van der Waals surface area contributed by atoms with Crippen LogP contribution >= 0.6 is 0 Å². The SMILES string of the molecule is CC/C=C\C/C=C\C/C=C\C/C=C\C/C=C\C/C=C\CCCCCCCCCCCCCCCCCCCCCCCCC(=O)OC(CO)COC(=O)CCCCCCCCCCCCCCCCCCCCCCCCCCCCCCCC. The Morgan fingerprint density at radius 3 is 0.765 bits per heavy atom. The molecule has 5 nitrogen and oxygen atoms in total. The molecule has 1 N–H and O–H groups in total. The van der Waals surface area contributed by atoms with Crippen molar-refractivity contribution in [2.75, 3.05) is 13.2 Å². The first-order valence-electron chi connectivity index (χ1n) is 38.0. The molecule has 5 heteroatoms. The van der Waals surface area contributed by atoms with Crippen molar-refractivity contribution in [3.8, 4) is 0 Å². The number of rotatable bonds is 71. The first-order chi connectivity index (χ1) is 42.1. The summed E-state index contributed by atoms with van der Waals surface area (Å²) in [5, 5.41) is 9.72. The second-order valence-corrected chi connectivity index (χ2v) is 25.7. The van der Waals surface area contributed by atoms with Crippen LogP contribution in [0.15, 0.2) is 72.9 Å². The van der Waals surface area contributed by atoms with Crippen molar-refractivity contribution >= 4 is 11.9 Å². The standard InChI is InChI=1S/C80H146O5/c1-3-5-7-9-11-13-15-17-19-21-23-25-27-29-31-33-35-36-37-38-39-40-41-42-43-44-45-47-49-51-53-55-57-59-61-63-65-67-69-71-73-75-80(83)85-78(76-81)77-84-79(82)74-72-70-68-66-64-62-60-58-56-54-52-50-48-46-34-32-30-28-26-24-22-20-18-16-14-12-10-8-6-4-2/h5,7,11,13,17,19,23,25,29,31,35-36,78,81H,3-4,6,8-10,12,14-16,18,20-22,24,26-28,30,32-34,37-77H2,1-2H3/b7-5-,13-11-,19-17-,25-23-,31-29-,36-35-. The van der Waals surface area contributed by atoms with Crippen molar-refractivity contribution in [2.24, 2.45) is 0 Å². The fourth-order valence-corrected chi connectivity index (χ4v) is 11.6. The van der Waals surface area contributed by atoms with Gasteiger partial charge in [0.25, 0.3) is 0 Å². The summed E-state index contributed by atoms with van der Waals surface area (Å²) in [7, 11) is 0. The summed E-state index contributed by atoms with van der Waals surface area (Å²) < 4.78 is 10.8. The van der Waals surface area contributed by atoms with Crippen molar-refractivity contribution in [2.45, 2.75) is 412 Å². The number of allylic oxidation sites excluding steroid dienone is 12. The Hall–Kier alpha value is -2.66. The molecule has 0 aliphatic carbocycles.